The standard InChI is InChI=1S/C20H21N3O2/c24-19(10-9-16-5-3-12-21-15-16)22-13-11-20(25)23-14-4-7-17-6-1-2-8-18(17)23/h1-3,5-6,8-10,12,15H,4,7,11,13-14H2,(H,22,24)/b10-9-. The Morgan fingerprint density at radius 1 is 1.20 bits per heavy atom. The monoisotopic (exact) mass is 335 g/mol. The van der Waals surface area contributed by atoms with Crippen molar-refractivity contribution < 1.29 is 9.59 Å². The average molecular weight is 335 g/mol. The molecule has 1 aliphatic heterocycles. The van der Waals surface area contributed by atoms with Gasteiger partial charge >= 0.3 is 0 Å². The molecule has 0 aliphatic carbocycles. The highest BCUT2D eigenvalue weighted by molar-refractivity contribution is 5.95. The molecule has 1 aliphatic rings. The van der Waals surface area contributed by atoms with E-state index in [1.807, 2.05) is 35.2 Å². The highest BCUT2D eigenvalue weighted by Gasteiger charge is 2.21. The molecule has 5 nitrogen and oxygen atoms in total. The molecule has 2 amide bonds. The first-order chi connectivity index (χ1) is 12.2. The number of pyridine rings is 1. The Balaban J connectivity index is 1.49. The number of hydrogen-bond acceptors (Lipinski definition) is 3. The summed E-state index contributed by atoms with van der Waals surface area (Å²) in [6.45, 7) is 1.07. The Kier molecular flexibility index (Phi) is 5.57. The number of hydrogen-bond donors (Lipinski definition) is 1. The van der Waals surface area contributed by atoms with Crippen LogP contribution in [0.15, 0.2) is 54.9 Å². The first kappa shape index (κ1) is 16.9. The maximum Gasteiger partial charge on any atom is 0.244 e. The molecule has 0 atom stereocenters. The summed E-state index contributed by atoms with van der Waals surface area (Å²) in [6, 6.07) is 11.7. The lowest BCUT2D eigenvalue weighted by atomic mass is 10.0. The minimum absolute atomic E-state index is 0.0451. The van der Waals surface area contributed by atoms with Gasteiger partial charge in [0.1, 0.15) is 0 Å². The molecule has 5 heteroatoms. The molecule has 0 saturated carbocycles. The minimum atomic E-state index is -0.212. The van der Waals surface area contributed by atoms with E-state index >= 15 is 0 Å². The van der Waals surface area contributed by atoms with E-state index < -0.39 is 0 Å². The van der Waals surface area contributed by atoms with Gasteiger partial charge in [-0.3, -0.25) is 14.6 Å². The average Bonchev–Trinajstić information content (AvgIpc) is 2.66. The van der Waals surface area contributed by atoms with Crippen LogP contribution in [-0.2, 0) is 16.0 Å². The zero-order valence-electron chi connectivity index (χ0n) is 14.0. The van der Waals surface area contributed by atoms with E-state index in [-0.39, 0.29) is 11.8 Å². The van der Waals surface area contributed by atoms with E-state index in [9.17, 15) is 9.59 Å². The Morgan fingerprint density at radius 3 is 2.92 bits per heavy atom. The first-order valence-corrected chi connectivity index (χ1v) is 8.48. The molecule has 1 aromatic heterocycles. The Bertz CT molecular complexity index is 772. The summed E-state index contributed by atoms with van der Waals surface area (Å²) in [5, 5.41) is 2.75. The second-order valence-electron chi connectivity index (χ2n) is 5.94. The van der Waals surface area contributed by atoms with Gasteiger partial charge in [0.25, 0.3) is 0 Å². The van der Waals surface area contributed by atoms with Crippen molar-refractivity contribution in [2.24, 2.45) is 0 Å². The zero-order chi connectivity index (χ0) is 17.5. The molecule has 128 valence electrons. The molecule has 0 radical (unpaired) electrons. The van der Waals surface area contributed by atoms with Gasteiger partial charge < -0.3 is 10.2 Å². The van der Waals surface area contributed by atoms with Crippen LogP contribution < -0.4 is 10.2 Å². The van der Waals surface area contributed by atoms with Crippen LogP contribution in [0.25, 0.3) is 6.08 Å². The summed E-state index contributed by atoms with van der Waals surface area (Å²) in [5.41, 5.74) is 3.07. The third kappa shape index (κ3) is 4.53. The molecule has 1 aromatic carbocycles. The summed E-state index contributed by atoms with van der Waals surface area (Å²) in [7, 11) is 0. The lowest BCUT2D eigenvalue weighted by molar-refractivity contribution is -0.119. The van der Waals surface area contributed by atoms with Crippen LogP contribution in [0, 0.1) is 0 Å². The minimum Gasteiger partial charge on any atom is -0.352 e. The number of aryl methyl sites for hydroxylation is 1. The highest BCUT2D eigenvalue weighted by Crippen LogP contribution is 2.26. The number of amides is 2. The summed E-state index contributed by atoms with van der Waals surface area (Å²) in [4.78, 5) is 30.1. The third-order valence-electron chi connectivity index (χ3n) is 4.16. The van der Waals surface area contributed by atoms with Gasteiger partial charge in [-0.25, -0.2) is 0 Å². The summed E-state index contributed by atoms with van der Waals surface area (Å²) < 4.78 is 0. The largest absolute Gasteiger partial charge is 0.352 e. The fourth-order valence-corrected chi connectivity index (χ4v) is 2.93. The highest BCUT2D eigenvalue weighted by atomic mass is 16.2. The van der Waals surface area contributed by atoms with Crippen LogP contribution in [0.3, 0.4) is 0 Å². The van der Waals surface area contributed by atoms with Gasteiger partial charge in [-0.2, -0.15) is 0 Å². The summed E-state index contributed by atoms with van der Waals surface area (Å²) >= 11 is 0. The SMILES string of the molecule is O=C(/C=C\c1cccnc1)NCCC(=O)N1CCCc2ccccc21. The predicted molar refractivity (Wildman–Crippen MR) is 98.0 cm³/mol. The van der Waals surface area contributed by atoms with Crippen molar-refractivity contribution in [3.05, 3.63) is 66.0 Å². The molecule has 3 rings (SSSR count). The second-order valence-corrected chi connectivity index (χ2v) is 5.94. The fourth-order valence-electron chi connectivity index (χ4n) is 2.93. The van der Waals surface area contributed by atoms with E-state index in [1.54, 1.807) is 18.5 Å². The van der Waals surface area contributed by atoms with Gasteiger partial charge in [-0.1, -0.05) is 24.3 Å². The van der Waals surface area contributed by atoms with E-state index in [1.165, 1.54) is 11.6 Å². The van der Waals surface area contributed by atoms with Gasteiger partial charge in [-0.05, 0) is 42.2 Å². The van der Waals surface area contributed by atoms with Gasteiger partial charge in [-0.15, -0.1) is 0 Å². The van der Waals surface area contributed by atoms with Gasteiger partial charge in [0.05, 0.1) is 0 Å². The second kappa shape index (κ2) is 8.24. The summed E-state index contributed by atoms with van der Waals surface area (Å²) in [6.07, 6.45) is 8.80. The molecule has 25 heavy (non-hydrogen) atoms. The van der Waals surface area contributed by atoms with Crippen LogP contribution in [0.5, 0.6) is 0 Å². The van der Waals surface area contributed by atoms with Crippen LogP contribution >= 0.6 is 0 Å². The quantitative estimate of drug-likeness (QED) is 0.854. The Morgan fingerprint density at radius 2 is 2.08 bits per heavy atom. The predicted octanol–water partition coefficient (Wildman–Crippen LogP) is 2.58. The summed E-state index contributed by atoms with van der Waals surface area (Å²) in [5.74, 6) is -0.167. The van der Waals surface area contributed by atoms with Gasteiger partial charge in [0.15, 0.2) is 0 Å². The van der Waals surface area contributed by atoms with Crippen molar-refractivity contribution in [2.75, 3.05) is 18.0 Å². The van der Waals surface area contributed by atoms with Crippen molar-refractivity contribution in [3.63, 3.8) is 0 Å². The van der Waals surface area contributed by atoms with E-state index in [0.29, 0.717) is 13.0 Å². The molecular formula is C20H21N3O2. The zero-order valence-corrected chi connectivity index (χ0v) is 14.0. The molecule has 0 saturated heterocycles. The number of aromatic nitrogens is 1. The van der Waals surface area contributed by atoms with Crippen molar-refractivity contribution in [1.82, 2.24) is 10.3 Å². The molecule has 1 N–H and O–H groups in total. The van der Waals surface area contributed by atoms with Crippen LogP contribution in [0.1, 0.15) is 24.0 Å². The number of benzene rings is 1. The maximum atomic E-state index is 12.5. The van der Waals surface area contributed by atoms with Crippen molar-refractivity contribution >= 4 is 23.6 Å². The van der Waals surface area contributed by atoms with Gasteiger partial charge in [0, 0.05) is 43.7 Å². The molecule has 2 aromatic rings. The topological polar surface area (TPSA) is 62.3 Å². The number of carbonyl (C=O) groups excluding carboxylic acids is 2. The lowest BCUT2D eigenvalue weighted by Crippen LogP contribution is -2.37. The van der Waals surface area contributed by atoms with Crippen molar-refractivity contribution in [2.45, 2.75) is 19.3 Å². The molecule has 0 spiro atoms. The van der Waals surface area contributed by atoms with Crippen LogP contribution in [-0.4, -0.2) is 29.9 Å². The normalized spacial score (nSPS) is 13.5. The molecule has 0 unspecified atom stereocenters. The number of anilines is 1. The van der Waals surface area contributed by atoms with E-state index in [0.717, 1.165) is 30.6 Å². The van der Waals surface area contributed by atoms with Crippen LogP contribution in [0.2, 0.25) is 0 Å². The fraction of sp³-hybridized carbons (Fsp3) is 0.250. The Labute approximate surface area is 147 Å². The van der Waals surface area contributed by atoms with Crippen LogP contribution in [0.4, 0.5) is 5.69 Å². The van der Waals surface area contributed by atoms with Crippen molar-refractivity contribution in [1.29, 1.82) is 0 Å². The first-order valence-electron chi connectivity index (χ1n) is 8.48. The van der Waals surface area contributed by atoms with Crippen molar-refractivity contribution in [3.8, 4) is 0 Å². The number of nitrogens with one attached hydrogen (secondary N) is 1. The molecular weight excluding hydrogens is 314 g/mol. The van der Waals surface area contributed by atoms with E-state index in [4.69, 9.17) is 0 Å². The smallest absolute Gasteiger partial charge is 0.244 e. The Hall–Kier alpha value is -2.95. The van der Waals surface area contributed by atoms with Gasteiger partial charge in [0.2, 0.25) is 11.8 Å². The number of fused-ring (bicyclic) bond motifs is 1. The number of para-hydroxylation sites is 1. The molecule has 0 bridgehead atoms. The molecule has 0 fully saturated rings. The molecule has 2 heterocycles. The third-order valence-corrected chi connectivity index (χ3v) is 4.16. The number of nitrogens with zero attached hydrogens (tertiary/aromatic N) is 2. The lowest BCUT2D eigenvalue weighted by Gasteiger charge is -2.29. The number of rotatable bonds is 5. The maximum absolute atomic E-state index is 12.5. The number of carbonyl (C=O) groups is 2. The van der Waals surface area contributed by atoms with E-state index in [2.05, 4.69) is 16.4 Å².